The summed E-state index contributed by atoms with van der Waals surface area (Å²) in [5.41, 5.74) is 0. The zero-order valence-corrected chi connectivity index (χ0v) is 8.76. The fourth-order valence-electron chi connectivity index (χ4n) is 0.357. The van der Waals surface area contributed by atoms with Gasteiger partial charge in [-0.15, -0.1) is 0 Å². The normalized spacial score (nSPS) is 15.5. The van der Waals surface area contributed by atoms with Gasteiger partial charge in [-0.2, -0.15) is 0 Å². The molecule has 6 nitrogen and oxygen atoms in total. The Morgan fingerprint density at radius 3 is 0.857 bits per heavy atom. The summed E-state index contributed by atoms with van der Waals surface area (Å²) < 4.78 is 92.0. The molecule has 0 amide bonds. The van der Waals surface area contributed by atoms with Gasteiger partial charge in [0, 0.05) is 0 Å². The first-order valence-electron chi connectivity index (χ1n) is 2.58. The summed E-state index contributed by atoms with van der Waals surface area (Å²) in [4.78, 5) is 0. The van der Waals surface area contributed by atoms with Gasteiger partial charge in [0.25, 0.3) is 0 Å². The summed E-state index contributed by atoms with van der Waals surface area (Å²) >= 11 is -0.451. The molecule has 0 atom stereocenters. The Morgan fingerprint density at radius 1 is 0.714 bits per heavy atom. The Kier molecular flexibility index (Phi) is 3.43. The van der Waals surface area contributed by atoms with Crippen molar-refractivity contribution >= 4 is 48.4 Å². The van der Waals surface area contributed by atoms with Crippen molar-refractivity contribution in [2.45, 2.75) is 2.08 Å². The second-order valence-electron chi connectivity index (χ2n) is 2.18. The molecular weight excluding hydrogens is 268 g/mol. The van der Waals surface area contributed by atoms with Gasteiger partial charge < -0.3 is 0 Å². The van der Waals surface area contributed by atoms with Crippen LogP contribution in [0.25, 0.3) is 0 Å². The molecule has 0 aromatic carbocycles. The van der Waals surface area contributed by atoms with E-state index in [2.05, 4.69) is 0 Å². The first-order chi connectivity index (χ1) is 5.75. The SMILES string of the molecule is [Li][C](S(=O)(=O)F)(S(=O)(=O)F)S(=O)(=O)F. The van der Waals surface area contributed by atoms with Crippen LogP contribution in [0.5, 0.6) is 0 Å². The second-order valence-corrected chi connectivity index (χ2v) is 8.03. The molecule has 0 fully saturated rings. The van der Waals surface area contributed by atoms with Crippen molar-refractivity contribution < 1.29 is 36.9 Å². The Bertz CT molecular complexity index is 448. The van der Waals surface area contributed by atoms with Gasteiger partial charge >= 0.3 is 87.4 Å². The molecular formula is CF3LiO6S3. The quantitative estimate of drug-likeness (QED) is 0.464. The molecule has 80 valence electrons. The molecule has 0 aliphatic heterocycles. The van der Waals surface area contributed by atoms with Crippen molar-refractivity contribution in [2.24, 2.45) is 0 Å². The molecule has 0 heterocycles. The minimum absolute atomic E-state index is 0.451. The number of halogens is 3. The molecule has 0 N–H and O–H groups in total. The van der Waals surface area contributed by atoms with Gasteiger partial charge in [-0.1, -0.05) is 0 Å². The maximum atomic E-state index is 12.2. The predicted octanol–water partition coefficient (Wildman–Crippen LogP) is -1.34. The Balaban J connectivity index is 6.41. The van der Waals surface area contributed by atoms with E-state index in [0.717, 1.165) is 0 Å². The molecule has 0 unspecified atom stereocenters. The van der Waals surface area contributed by atoms with Crippen LogP contribution in [0.2, 0.25) is 0 Å². The van der Waals surface area contributed by atoms with Crippen LogP contribution in [0.4, 0.5) is 11.7 Å². The molecule has 0 rings (SSSR count). The third-order valence-corrected chi connectivity index (χ3v) is 7.57. The fourth-order valence-corrected chi connectivity index (χ4v) is 3.21. The van der Waals surface area contributed by atoms with E-state index in [-0.39, 0.29) is 0 Å². The Morgan fingerprint density at radius 2 is 0.857 bits per heavy atom. The van der Waals surface area contributed by atoms with Gasteiger partial charge in [0.15, 0.2) is 0 Å². The average molecular weight is 268 g/mol. The van der Waals surface area contributed by atoms with E-state index in [0.29, 0.717) is 0 Å². The van der Waals surface area contributed by atoms with Gasteiger partial charge in [0.05, 0.1) is 0 Å². The van der Waals surface area contributed by atoms with Crippen LogP contribution in [-0.2, 0) is 30.7 Å². The standard InChI is InChI=1S/CF3O6S3.Li/c2-11(5,6)1(12(3,7)8)13(4,9)10;. The monoisotopic (exact) mass is 268 g/mol. The van der Waals surface area contributed by atoms with Crippen LogP contribution in [0.1, 0.15) is 0 Å². The van der Waals surface area contributed by atoms with E-state index >= 15 is 0 Å². The van der Waals surface area contributed by atoms with Crippen LogP contribution >= 0.6 is 0 Å². The third kappa shape index (κ3) is 2.08. The molecule has 13 heteroatoms. The summed E-state index contributed by atoms with van der Waals surface area (Å²) in [6.45, 7) is 0. The van der Waals surface area contributed by atoms with Crippen LogP contribution in [0.15, 0.2) is 0 Å². The summed E-state index contributed by atoms with van der Waals surface area (Å²) in [5, 5.41) is 0. The molecule has 0 spiro atoms. The maximum absolute atomic E-state index is 12.2. The van der Waals surface area contributed by atoms with E-state index < -0.39 is 50.5 Å². The van der Waals surface area contributed by atoms with Crippen molar-refractivity contribution in [3.63, 3.8) is 0 Å². The first-order valence-corrected chi connectivity index (χ1v) is 6.73. The van der Waals surface area contributed by atoms with E-state index in [1.807, 2.05) is 0 Å². The van der Waals surface area contributed by atoms with Crippen LogP contribution in [-0.4, -0.2) is 45.1 Å². The fraction of sp³-hybridized carbons (Fsp3) is 1.00. The topological polar surface area (TPSA) is 102 Å². The summed E-state index contributed by atoms with van der Waals surface area (Å²) in [7, 11) is -19.5. The van der Waals surface area contributed by atoms with Gasteiger partial charge in [-0.25, -0.2) is 0 Å². The van der Waals surface area contributed by atoms with Crippen molar-refractivity contribution in [2.75, 3.05) is 0 Å². The van der Waals surface area contributed by atoms with Gasteiger partial charge in [0.2, 0.25) is 0 Å². The van der Waals surface area contributed by atoms with Crippen molar-refractivity contribution in [3.8, 4) is 0 Å². The molecule has 0 aliphatic rings. The number of hydrogen-bond donors (Lipinski definition) is 0. The number of rotatable bonds is 3. The molecule has 0 aromatic rings. The predicted molar refractivity (Wildman–Crippen MR) is 38.6 cm³/mol. The third-order valence-electron chi connectivity index (χ3n) is 1.33. The van der Waals surface area contributed by atoms with E-state index in [1.165, 1.54) is 0 Å². The van der Waals surface area contributed by atoms with Crippen molar-refractivity contribution in [3.05, 3.63) is 0 Å². The zero-order chi connectivity index (χ0) is 12.0. The minimum atomic E-state index is -6.51. The molecule has 0 aliphatic carbocycles. The van der Waals surface area contributed by atoms with Crippen molar-refractivity contribution in [1.82, 2.24) is 0 Å². The molecule has 0 saturated heterocycles. The molecule has 0 saturated carbocycles. The first kappa shape index (κ1) is 14.2. The second kappa shape index (κ2) is 3.37. The van der Waals surface area contributed by atoms with Gasteiger partial charge in [-0.3, -0.25) is 0 Å². The molecule has 0 aromatic heterocycles. The van der Waals surface area contributed by atoms with E-state index in [1.54, 1.807) is 0 Å². The zero-order valence-electron chi connectivity index (χ0n) is 6.31. The van der Waals surface area contributed by atoms with Gasteiger partial charge in [-0.05, 0) is 0 Å². The molecule has 0 bridgehead atoms. The Labute approximate surface area is 87.3 Å². The summed E-state index contributed by atoms with van der Waals surface area (Å²) in [5.74, 6) is 0. The average Bonchev–Trinajstić information content (AvgIpc) is 1.77. The summed E-state index contributed by atoms with van der Waals surface area (Å²) in [6.07, 6.45) is 0. The van der Waals surface area contributed by atoms with Gasteiger partial charge in [0.1, 0.15) is 0 Å². The van der Waals surface area contributed by atoms with E-state index in [9.17, 15) is 36.9 Å². The molecule has 0 radical (unpaired) electrons. The Hall–Kier alpha value is 0.237. The van der Waals surface area contributed by atoms with Crippen LogP contribution < -0.4 is 0 Å². The summed E-state index contributed by atoms with van der Waals surface area (Å²) in [6, 6.07) is 0. The van der Waals surface area contributed by atoms with E-state index in [4.69, 9.17) is 0 Å². The van der Waals surface area contributed by atoms with Crippen molar-refractivity contribution in [1.29, 1.82) is 0 Å². The van der Waals surface area contributed by atoms with Crippen LogP contribution in [0, 0.1) is 0 Å². The number of hydrogen-bond acceptors (Lipinski definition) is 6. The van der Waals surface area contributed by atoms with Crippen LogP contribution in [0.3, 0.4) is 0 Å². The molecule has 14 heavy (non-hydrogen) atoms.